The average molecular weight is 273 g/mol. The number of halogens is 1. The standard InChI is InChI=1S/C16H16FNO2/c1-11-5-3-4-6-15(11)20-12(2)16(19)18-14-9-7-13(17)8-10-14/h3-10,12H,1-2H3,(H,18,19). The maximum Gasteiger partial charge on any atom is 0.265 e. The van der Waals surface area contributed by atoms with Gasteiger partial charge in [-0.2, -0.15) is 0 Å². The zero-order valence-electron chi connectivity index (χ0n) is 11.4. The lowest BCUT2D eigenvalue weighted by Crippen LogP contribution is -2.30. The molecular weight excluding hydrogens is 257 g/mol. The highest BCUT2D eigenvalue weighted by atomic mass is 19.1. The van der Waals surface area contributed by atoms with E-state index >= 15 is 0 Å². The van der Waals surface area contributed by atoms with E-state index in [0.29, 0.717) is 11.4 Å². The molecule has 1 unspecified atom stereocenters. The van der Waals surface area contributed by atoms with Crippen LogP contribution in [0, 0.1) is 12.7 Å². The topological polar surface area (TPSA) is 38.3 Å². The fourth-order valence-electron chi connectivity index (χ4n) is 1.71. The molecule has 0 aliphatic heterocycles. The first-order valence-electron chi connectivity index (χ1n) is 6.35. The van der Waals surface area contributed by atoms with Crippen LogP contribution in [0.25, 0.3) is 0 Å². The van der Waals surface area contributed by atoms with Crippen molar-refractivity contribution in [3.63, 3.8) is 0 Å². The Hall–Kier alpha value is -2.36. The predicted octanol–water partition coefficient (Wildman–Crippen LogP) is 3.54. The maximum absolute atomic E-state index is 12.8. The van der Waals surface area contributed by atoms with E-state index in [1.54, 1.807) is 6.92 Å². The number of anilines is 1. The van der Waals surface area contributed by atoms with E-state index in [4.69, 9.17) is 4.74 Å². The van der Waals surface area contributed by atoms with E-state index in [2.05, 4.69) is 5.32 Å². The number of amides is 1. The van der Waals surface area contributed by atoms with Gasteiger partial charge in [0.05, 0.1) is 0 Å². The third-order valence-corrected chi connectivity index (χ3v) is 2.88. The van der Waals surface area contributed by atoms with Gasteiger partial charge in [0, 0.05) is 5.69 Å². The third kappa shape index (κ3) is 3.57. The van der Waals surface area contributed by atoms with Gasteiger partial charge in [-0.05, 0) is 49.7 Å². The van der Waals surface area contributed by atoms with Crippen molar-refractivity contribution >= 4 is 11.6 Å². The molecular formula is C16H16FNO2. The summed E-state index contributed by atoms with van der Waals surface area (Å²) < 4.78 is 18.4. The summed E-state index contributed by atoms with van der Waals surface area (Å²) in [5.74, 6) is 0.0568. The lowest BCUT2D eigenvalue weighted by Gasteiger charge is -2.16. The van der Waals surface area contributed by atoms with Crippen molar-refractivity contribution in [1.82, 2.24) is 0 Å². The Morgan fingerprint density at radius 2 is 1.80 bits per heavy atom. The van der Waals surface area contributed by atoms with Gasteiger partial charge in [0.1, 0.15) is 11.6 Å². The van der Waals surface area contributed by atoms with Crippen molar-refractivity contribution in [1.29, 1.82) is 0 Å². The van der Waals surface area contributed by atoms with Crippen LogP contribution in [0.3, 0.4) is 0 Å². The minimum absolute atomic E-state index is 0.278. The highest BCUT2D eigenvalue weighted by molar-refractivity contribution is 5.94. The van der Waals surface area contributed by atoms with Crippen LogP contribution in [0.1, 0.15) is 12.5 Å². The number of aryl methyl sites for hydroxylation is 1. The number of para-hydroxylation sites is 1. The molecule has 0 aromatic heterocycles. The van der Waals surface area contributed by atoms with E-state index in [1.165, 1.54) is 24.3 Å². The summed E-state index contributed by atoms with van der Waals surface area (Å²) in [5.41, 5.74) is 1.51. The van der Waals surface area contributed by atoms with Gasteiger partial charge in [-0.15, -0.1) is 0 Å². The summed E-state index contributed by atoms with van der Waals surface area (Å²) in [6.07, 6.45) is -0.638. The molecule has 2 aromatic carbocycles. The predicted molar refractivity (Wildman–Crippen MR) is 76.3 cm³/mol. The second-order valence-corrected chi connectivity index (χ2v) is 4.52. The van der Waals surface area contributed by atoms with E-state index in [0.717, 1.165) is 5.56 Å². The van der Waals surface area contributed by atoms with Crippen LogP contribution in [0.2, 0.25) is 0 Å². The average Bonchev–Trinajstić information content (AvgIpc) is 2.44. The summed E-state index contributed by atoms with van der Waals surface area (Å²) in [5, 5.41) is 2.68. The Labute approximate surface area is 117 Å². The van der Waals surface area contributed by atoms with Crippen molar-refractivity contribution in [3.05, 3.63) is 59.9 Å². The minimum Gasteiger partial charge on any atom is -0.481 e. The van der Waals surface area contributed by atoms with Crippen molar-refractivity contribution in [2.24, 2.45) is 0 Å². The highest BCUT2D eigenvalue weighted by Gasteiger charge is 2.15. The molecule has 0 heterocycles. The summed E-state index contributed by atoms with van der Waals surface area (Å²) in [6.45, 7) is 3.59. The molecule has 0 bridgehead atoms. The molecule has 20 heavy (non-hydrogen) atoms. The summed E-state index contributed by atoms with van der Waals surface area (Å²) in [7, 11) is 0. The number of hydrogen-bond donors (Lipinski definition) is 1. The Morgan fingerprint density at radius 1 is 1.15 bits per heavy atom. The molecule has 0 aliphatic rings. The van der Waals surface area contributed by atoms with Gasteiger partial charge in [-0.3, -0.25) is 4.79 Å². The number of benzene rings is 2. The molecule has 4 heteroatoms. The molecule has 2 aromatic rings. The van der Waals surface area contributed by atoms with Crippen molar-refractivity contribution in [2.75, 3.05) is 5.32 Å². The van der Waals surface area contributed by atoms with Crippen LogP contribution < -0.4 is 10.1 Å². The summed E-state index contributed by atoms with van der Waals surface area (Å²) in [6, 6.07) is 13.1. The van der Waals surface area contributed by atoms with Crippen molar-refractivity contribution in [2.45, 2.75) is 20.0 Å². The van der Waals surface area contributed by atoms with Crippen LogP contribution in [0.5, 0.6) is 5.75 Å². The molecule has 0 saturated carbocycles. The second-order valence-electron chi connectivity index (χ2n) is 4.52. The smallest absolute Gasteiger partial charge is 0.265 e. The Morgan fingerprint density at radius 3 is 2.45 bits per heavy atom. The molecule has 1 atom stereocenters. The molecule has 0 radical (unpaired) electrons. The van der Waals surface area contributed by atoms with Crippen molar-refractivity contribution in [3.8, 4) is 5.75 Å². The fraction of sp³-hybridized carbons (Fsp3) is 0.188. The van der Waals surface area contributed by atoms with E-state index in [9.17, 15) is 9.18 Å². The van der Waals surface area contributed by atoms with Crippen LogP contribution >= 0.6 is 0 Å². The number of rotatable bonds is 4. The Balaban J connectivity index is 1.99. The number of carbonyl (C=O) groups is 1. The molecule has 1 amide bonds. The monoisotopic (exact) mass is 273 g/mol. The van der Waals surface area contributed by atoms with E-state index in [1.807, 2.05) is 31.2 Å². The third-order valence-electron chi connectivity index (χ3n) is 2.88. The fourth-order valence-corrected chi connectivity index (χ4v) is 1.71. The van der Waals surface area contributed by atoms with Crippen molar-refractivity contribution < 1.29 is 13.9 Å². The molecule has 3 nitrogen and oxygen atoms in total. The molecule has 0 spiro atoms. The lowest BCUT2D eigenvalue weighted by atomic mass is 10.2. The molecule has 0 fully saturated rings. The number of nitrogens with one attached hydrogen (secondary N) is 1. The van der Waals surface area contributed by atoms with Crippen LogP contribution in [0.4, 0.5) is 10.1 Å². The zero-order chi connectivity index (χ0) is 14.5. The number of hydrogen-bond acceptors (Lipinski definition) is 2. The van der Waals surface area contributed by atoms with Crippen LogP contribution in [0.15, 0.2) is 48.5 Å². The Bertz CT molecular complexity index is 596. The van der Waals surface area contributed by atoms with E-state index in [-0.39, 0.29) is 11.7 Å². The number of carbonyl (C=O) groups excluding carboxylic acids is 1. The van der Waals surface area contributed by atoms with Gasteiger partial charge in [0.25, 0.3) is 5.91 Å². The molecule has 1 N–H and O–H groups in total. The first kappa shape index (κ1) is 14.1. The van der Waals surface area contributed by atoms with Gasteiger partial charge in [-0.25, -0.2) is 4.39 Å². The quantitative estimate of drug-likeness (QED) is 0.925. The van der Waals surface area contributed by atoms with Gasteiger partial charge in [0.2, 0.25) is 0 Å². The zero-order valence-corrected chi connectivity index (χ0v) is 11.4. The SMILES string of the molecule is Cc1ccccc1OC(C)C(=O)Nc1ccc(F)cc1. The van der Waals surface area contributed by atoms with Crippen LogP contribution in [-0.2, 0) is 4.79 Å². The first-order valence-corrected chi connectivity index (χ1v) is 6.35. The molecule has 2 rings (SSSR count). The molecule has 0 saturated heterocycles. The molecule has 104 valence electrons. The van der Waals surface area contributed by atoms with Gasteiger partial charge >= 0.3 is 0 Å². The van der Waals surface area contributed by atoms with Gasteiger partial charge in [0.15, 0.2) is 6.10 Å². The largest absolute Gasteiger partial charge is 0.481 e. The lowest BCUT2D eigenvalue weighted by molar-refractivity contribution is -0.122. The summed E-state index contributed by atoms with van der Waals surface area (Å²) in [4.78, 5) is 12.0. The normalized spacial score (nSPS) is 11.8. The first-order chi connectivity index (χ1) is 9.56. The molecule has 0 aliphatic carbocycles. The minimum atomic E-state index is -0.638. The van der Waals surface area contributed by atoms with E-state index < -0.39 is 6.10 Å². The highest BCUT2D eigenvalue weighted by Crippen LogP contribution is 2.18. The van der Waals surface area contributed by atoms with Gasteiger partial charge < -0.3 is 10.1 Å². The summed E-state index contributed by atoms with van der Waals surface area (Å²) >= 11 is 0. The Kier molecular flexibility index (Phi) is 4.35. The van der Waals surface area contributed by atoms with Crippen LogP contribution in [-0.4, -0.2) is 12.0 Å². The number of ether oxygens (including phenoxy) is 1. The second kappa shape index (κ2) is 6.19. The van der Waals surface area contributed by atoms with Gasteiger partial charge in [-0.1, -0.05) is 18.2 Å². The maximum atomic E-state index is 12.8.